The first-order valence-corrected chi connectivity index (χ1v) is 4.87. The van der Waals surface area contributed by atoms with E-state index in [0.29, 0.717) is 5.56 Å². The second-order valence-corrected chi connectivity index (χ2v) is 3.45. The fraction of sp³-hybridized carbons (Fsp3) is 0.455. The minimum Gasteiger partial charge on any atom is -0.385 e. The molecule has 0 fully saturated rings. The molecule has 0 heterocycles. The first-order chi connectivity index (χ1) is 6.95. The summed E-state index contributed by atoms with van der Waals surface area (Å²) in [5.41, 5.74) is 0.796. The van der Waals surface area contributed by atoms with Crippen molar-refractivity contribution in [3.05, 3.63) is 29.3 Å². The summed E-state index contributed by atoms with van der Waals surface area (Å²) in [6.45, 7) is 4.45. The molecule has 0 saturated carbocycles. The van der Waals surface area contributed by atoms with Crippen molar-refractivity contribution >= 4 is 5.69 Å². The Hall–Kier alpha value is -1.19. The number of rotatable bonds is 3. The Balaban J connectivity index is 2.88. The summed E-state index contributed by atoms with van der Waals surface area (Å²) in [6, 6.07) is 3.75. The zero-order chi connectivity index (χ0) is 11.5. The number of halogens is 3. The van der Waals surface area contributed by atoms with Gasteiger partial charge in [0, 0.05) is 12.2 Å². The first-order valence-electron chi connectivity index (χ1n) is 4.87. The van der Waals surface area contributed by atoms with Crippen molar-refractivity contribution < 1.29 is 13.2 Å². The van der Waals surface area contributed by atoms with Crippen LogP contribution in [0.15, 0.2) is 18.2 Å². The van der Waals surface area contributed by atoms with E-state index in [0.717, 1.165) is 30.8 Å². The molecule has 0 atom stereocenters. The van der Waals surface area contributed by atoms with Gasteiger partial charge in [-0.1, -0.05) is 6.92 Å². The van der Waals surface area contributed by atoms with E-state index in [9.17, 15) is 13.2 Å². The molecule has 0 amide bonds. The van der Waals surface area contributed by atoms with Gasteiger partial charge in [-0.25, -0.2) is 0 Å². The van der Waals surface area contributed by atoms with Gasteiger partial charge in [-0.15, -0.1) is 0 Å². The molecule has 0 aliphatic heterocycles. The van der Waals surface area contributed by atoms with Gasteiger partial charge in [0.15, 0.2) is 0 Å². The zero-order valence-corrected chi connectivity index (χ0v) is 8.78. The molecule has 0 aromatic heterocycles. The van der Waals surface area contributed by atoms with E-state index in [2.05, 4.69) is 5.32 Å². The van der Waals surface area contributed by atoms with Crippen molar-refractivity contribution in [1.82, 2.24) is 0 Å². The van der Waals surface area contributed by atoms with E-state index in [1.165, 1.54) is 6.07 Å². The Morgan fingerprint density at radius 3 is 2.40 bits per heavy atom. The molecule has 4 heteroatoms. The van der Waals surface area contributed by atoms with E-state index in [1.54, 1.807) is 6.92 Å². The highest BCUT2D eigenvalue weighted by Gasteiger charge is 2.30. The smallest absolute Gasteiger partial charge is 0.385 e. The first kappa shape index (κ1) is 11.9. The van der Waals surface area contributed by atoms with Crippen LogP contribution in [0, 0.1) is 6.92 Å². The maximum absolute atomic E-state index is 12.3. The molecule has 84 valence electrons. The van der Waals surface area contributed by atoms with E-state index in [1.807, 2.05) is 6.92 Å². The SMILES string of the molecule is CCCNc1ccc(C(F)(F)F)cc1C. The number of hydrogen-bond acceptors (Lipinski definition) is 1. The van der Waals surface area contributed by atoms with Crippen LogP contribution in [0.4, 0.5) is 18.9 Å². The highest BCUT2D eigenvalue weighted by Crippen LogP contribution is 2.31. The van der Waals surface area contributed by atoms with Gasteiger partial charge in [0.25, 0.3) is 0 Å². The van der Waals surface area contributed by atoms with Crippen LogP contribution in [0.3, 0.4) is 0 Å². The third-order valence-electron chi connectivity index (χ3n) is 2.12. The Morgan fingerprint density at radius 1 is 1.27 bits per heavy atom. The van der Waals surface area contributed by atoms with Crippen LogP contribution in [0.1, 0.15) is 24.5 Å². The second-order valence-electron chi connectivity index (χ2n) is 3.45. The molecule has 1 nitrogen and oxygen atoms in total. The Kier molecular flexibility index (Phi) is 3.61. The van der Waals surface area contributed by atoms with Crippen molar-refractivity contribution in [2.24, 2.45) is 0 Å². The topological polar surface area (TPSA) is 12.0 Å². The van der Waals surface area contributed by atoms with E-state index in [-0.39, 0.29) is 0 Å². The predicted molar refractivity (Wildman–Crippen MR) is 55.0 cm³/mol. The molecule has 0 saturated heterocycles. The van der Waals surface area contributed by atoms with Crippen molar-refractivity contribution in [3.8, 4) is 0 Å². The Morgan fingerprint density at radius 2 is 1.93 bits per heavy atom. The monoisotopic (exact) mass is 217 g/mol. The summed E-state index contributed by atoms with van der Waals surface area (Å²) < 4.78 is 37.0. The number of hydrogen-bond donors (Lipinski definition) is 1. The van der Waals surface area contributed by atoms with Gasteiger partial charge in [-0.05, 0) is 37.1 Å². The molecule has 0 aliphatic rings. The largest absolute Gasteiger partial charge is 0.416 e. The van der Waals surface area contributed by atoms with Crippen molar-refractivity contribution in [2.75, 3.05) is 11.9 Å². The lowest BCUT2D eigenvalue weighted by Gasteiger charge is -2.12. The molecule has 0 spiro atoms. The molecule has 1 N–H and O–H groups in total. The van der Waals surface area contributed by atoms with E-state index in [4.69, 9.17) is 0 Å². The number of nitrogens with one attached hydrogen (secondary N) is 1. The summed E-state index contributed by atoms with van der Waals surface area (Å²) in [7, 11) is 0. The molecular formula is C11H14F3N. The lowest BCUT2D eigenvalue weighted by atomic mass is 10.1. The fourth-order valence-electron chi connectivity index (χ4n) is 1.30. The average Bonchev–Trinajstić information content (AvgIpc) is 2.14. The normalized spacial score (nSPS) is 11.5. The molecular weight excluding hydrogens is 203 g/mol. The molecule has 0 unspecified atom stereocenters. The van der Waals surface area contributed by atoms with Crippen LogP contribution in [-0.2, 0) is 6.18 Å². The maximum atomic E-state index is 12.3. The second kappa shape index (κ2) is 4.55. The highest BCUT2D eigenvalue weighted by molar-refractivity contribution is 5.52. The molecule has 0 aliphatic carbocycles. The maximum Gasteiger partial charge on any atom is 0.416 e. The van der Waals surface area contributed by atoms with Gasteiger partial charge in [-0.3, -0.25) is 0 Å². The van der Waals surface area contributed by atoms with Crippen LogP contribution in [0.2, 0.25) is 0 Å². The standard InChI is InChI=1S/C11H14F3N/c1-3-6-15-10-5-4-9(7-8(10)2)11(12,13)14/h4-5,7,15H,3,6H2,1-2H3. The molecule has 0 bridgehead atoms. The number of benzene rings is 1. The lowest BCUT2D eigenvalue weighted by Crippen LogP contribution is -2.07. The molecule has 0 radical (unpaired) electrons. The molecule has 1 aromatic carbocycles. The summed E-state index contributed by atoms with van der Waals surface area (Å²) >= 11 is 0. The number of anilines is 1. The van der Waals surface area contributed by atoms with Crippen molar-refractivity contribution in [1.29, 1.82) is 0 Å². The summed E-state index contributed by atoms with van der Waals surface area (Å²) in [5.74, 6) is 0. The Bertz CT molecular complexity index is 331. The van der Waals surface area contributed by atoms with E-state index < -0.39 is 11.7 Å². The lowest BCUT2D eigenvalue weighted by molar-refractivity contribution is -0.137. The van der Waals surface area contributed by atoms with Crippen LogP contribution in [0.25, 0.3) is 0 Å². The molecule has 1 rings (SSSR count). The van der Waals surface area contributed by atoms with Crippen LogP contribution < -0.4 is 5.32 Å². The average molecular weight is 217 g/mol. The molecule has 1 aromatic rings. The van der Waals surface area contributed by atoms with Crippen molar-refractivity contribution in [2.45, 2.75) is 26.4 Å². The summed E-state index contributed by atoms with van der Waals surface area (Å²) in [5, 5.41) is 3.07. The fourth-order valence-corrected chi connectivity index (χ4v) is 1.30. The van der Waals surface area contributed by atoms with Gasteiger partial charge in [0.2, 0.25) is 0 Å². The minimum absolute atomic E-state index is 0.595. The van der Waals surface area contributed by atoms with E-state index >= 15 is 0 Å². The predicted octanol–water partition coefficient (Wildman–Crippen LogP) is 3.84. The minimum atomic E-state index is -4.26. The van der Waals surface area contributed by atoms with Gasteiger partial charge in [-0.2, -0.15) is 13.2 Å². The zero-order valence-electron chi connectivity index (χ0n) is 8.78. The van der Waals surface area contributed by atoms with Gasteiger partial charge < -0.3 is 5.32 Å². The van der Waals surface area contributed by atoms with Gasteiger partial charge in [0.05, 0.1) is 5.56 Å². The quantitative estimate of drug-likeness (QED) is 0.811. The highest BCUT2D eigenvalue weighted by atomic mass is 19.4. The summed E-state index contributed by atoms with van der Waals surface area (Å²) in [6.07, 6.45) is -3.31. The van der Waals surface area contributed by atoms with Crippen LogP contribution in [0.5, 0.6) is 0 Å². The third kappa shape index (κ3) is 3.15. The third-order valence-corrected chi connectivity index (χ3v) is 2.12. The van der Waals surface area contributed by atoms with Gasteiger partial charge in [0.1, 0.15) is 0 Å². The Labute approximate surface area is 87.3 Å². The van der Waals surface area contributed by atoms with Crippen molar-refractivity contribution in [3.63, 3.8) is 0 Å². The van der Waals surface area contributed by atoms with Gasteiger partial charge >= 0.3 is 6.18 Å². The number of alkyl halides is 3. The molecule has 15 heavy (non-hydrogen) atoms. The summed E-state index contributed by atoms with van der Waals surface area (Å²) in [4.78, 5) is 0. The van der Waals surface area contributed by atoms with Crippen LogP contribution >= 0.6 is 0 Å². The van der Waals surface area contributed by atoms with Crippen LogP contribution in [-0.4, -0.2) is 6.54 Å². The number of aryl methyl sites for hydroxylation is 1.